The van der Waals surface area contributed by atoms with Gasteiger partial charge in [0, 0.05) is 11.6 Å². The molecule has 17 heavy (non-hydrogen) atoms. The smallest absolute Gasteiger partial charge is 0.172 e. The van der Waals surface area contributed by atoms with Crippen LogP contribution in [-0.2, 0) is 0 Å². The fraction of sp³-hybridized carbons (Fsp3) is 0.462. The minimum absolute atomic E-state index is 0.325. The van der Waals surface area contributed by atoms with E-state index in [0.29, 0.717) is 30.6 Å². The number of ether oxygens (including phenoxy) is 2. The zero-order chi connectivity index (χ0) is 11.7. The molecule has 0 spiro atoms. The molecule has 1 saturated heterocycles. The van der Waals surface area contributed by atoms with Gasteiger partial charge in [-0.2, -0.15) is 0 Å². The van der Waals surface area contributed by atoms with Crippen LogP contribution in [0.25, 0.3) is 0 Å². The molecule has 0 aromatic heterocycles. The molecule has 1 unspecified atom stereocenters. The Morgan fingerprint density at radius 2 is 2.06 bits per heavy atom. The van der Waals surface area contributed by atoms with Gasteiger partial charge >= 0.3 is 0 Å². The molecule has 2 aliphatic rings. The molecule has 0 radical (unpaired) electrons. The molecular weight excluding hydrogens is 218 g/mol. The van der Waals surface area contributed by atoms with Crippen LogP contribution in [0.1, 0.15) is 34.8 Å². The molecule has 1 atom stereocenters. The van der Waals surface area contributed by atoms with E-state index < -0.39 is 0 Å². The van der Waals surface area contributed by atoms with Crippen molar-refractivity contribution in [1.82, 2.24) is 5.32 Å². The fourth-order valence-electron chi connectivity index (χ4n) is 2.50. The van der Waals surface area contributed by atoms with E-state index in [4.69, 9.17) is 9.47 Å². The van der Waals surface area contributed by atoms with E-state index in [-0.39, 0.29) is 0 Å². The summed E-state index contributed by atoms with van der Waals surface area (Å²) >= 11 is 0. The first-order valence-corrected chi connectivity index (χ1v) is 6.01. The molecule has 0 amide bonds. The summed E-state index contributed by atoms with van der Waals surface area (Å²) in [4.78, 5) is 11.0. The highest BCUT2D eigenvalue weighted by Crippen LogP contribution is 2.41. The van der Waals surface area contributed by atoms with Gasteiger partial charge < -0.3 is 14.8 Å². The van der Waals surface area contributed by atoms with Gasteiger partial charge in [0.15, 0.2) is 17.8 Å². The molecule has 0 aliphatic carbocycles. The first-order valence-electron chi connectivity index (χ1n) is 6.01. The summed E-state index contributed by atoms with van der Waals surface area (Å²) in [6.45, 7) is 2.10. The van der Waals surface area contributed by atoms with Crippen molar-refractivity contribution in [2.24, 2.45) is 0 Å². The molecular formula is C13H15NO3. The molecule has 1 aromatic carbocycles. The number of fused-ring (bicyclic) bond motifs is 1. The van der Waals surface area contributed by atoms with Gasteiger partial charge in [-0.25, -0.2) is 0 Å². The highest BCUT2D eigenvalue weighted by atomic mass is 16.6. The van der Waals surface area contributed by atoms with Gasteiger partial charge in [-0.15, -0.1) is 0 Å². The van der Waals surface area contributed by atoms with E-state index in [0.717, 1.165) is 30.6 Å². The minimum Gasteiger partial charge on any atom is -0.486 e. The van der Waals surface area contributed by atoms with Crippen LogP contribution in [0.2, 0.25) is 0 Å². The number of hydrogen-bond acceptors (Lipinski definition) is 4. The summed E-state index contributed by atoms with van der Waals surface area (Å²) in [6.07, 6.45) is 3.10. The third kappa shape index (κ3) is 1.78. The maximum absolute atomic E-state index is 11.0. The van der Waals surface area contributed by atoms with Crippen molar-refractivity contribution in [1.29, 1.82) is 0 Å². The fourth-order valence-corrected chi connectivity index (χ4v) is 2.50. The monoisotopic (exact) mass is 233 g/mol. The number of rotatable bonds is 2. The first kappa shape index (κ1) is 10.6. The van der Waals surface area contributed by atoms with Crippen molar-refractivity contribution in [3.63, 3.8) is 0 Å². The molecule has 4 nitrogen and oxygen atoms in total. The summed E-state index contributed by atoms with van der Waals surface area (Å²) in [6, 6.07) is 4.11. The third-order valence-electron chi connectivity index (χ3n) is 3.31. The normalized spacial score (nSPS) is 22.5. The maximum atomic E-state index is 11.0. The van der Waals surface area contributed by atoms with Crippen LogP contribution in [0, 0.1) is 0 Å². The van der Waals surface area contributed by atoms with Crippen LogP contribution in [0.4, 0.5) is 0 Å². The third-order valence-corrected chi connectivity index (χ3v) is 3.31. The van der Waals surface area contributed by atoms with Crippen molar-refractivity contribution in [3.05, 3.63) is 23.3 Å². The van der Waals surface area contributed by atoms with E-state index in [1.54, 1.807) is 0 Å². The molecule has 0 saturated carbocycles. The number of carbonyl (C=O) groups is 1. The van der Waals surface area contributed by atoms with Crippen LogP contribution in [0.15, 0.2) is 12.1 Å². The van der Waals surface area contributed by atoms with Crippen molar-refractivity contribution in [3.8, 4) is 11.5 Å². The average molecular weight is 233 g/mol. The van der Waals surface area contributed by atoms with Gasteiger partial charge in [-0.05, 0) is 25.5 Å². The van der Waals surface area contributed by atoms with Crippen LogP contribution < -0.4 is 14.8 Å². The number of aldehydes is 1. The quantitative estimate of drug-likeness (QED) is 0.790. The Balaban J connectivity index is 2.06. The standard InChI is InChI=1S/C13H15NO3/c15-8-9-3-4-10(11-2-1-5-14-11)13-12(9)16-6-7-17-13/h3-4,8,11,14H,1-2,5-7H2. The van der Waals surface area contributed by atoms with Crippen molar-refractivity contribution in [2.75, 3.05) is 19.8 Å². The zero-order valence-electron chi connectivity index (χ0n) is 9.57. The average Bonchev–Trinajstić information content (AvgIpc) is 2.91. The second-order valence-electron chi connectivity index (χ2n) is 4.37. The number of hydrogen-bond donors (Lipinski definition) is 1. The highest BCUT2D eigenvalue weighted by Gasteiger charge is 2.26. The molecule has 1 fully saturated rings. The second kappa shape index (κ2) is 4.37. The molecule has 4 heteroatoms. The molecule has 2 heterocycles. The Morgan fingerprint density at radius 3 is 2.76 bits per heavy atom. The summed E-state index contributed by atoms with van der Waals surface area (Å²) in [7, 11) is 0. The molecule has 90 valence electrons. The summed E-state index contributed by atoms with van der Waals surface area (Å²) in [5.41, 5.74) is 1.68. The SMILES string of the molecule is O=Cc1ccc(C2CCCN2)c2c1OCCO2. The number of benzene rings is 1. The van der Waals surface area contributed by atoms with Gasteiger partial charge in [0.1, 0.15) is 13.2 Å². The summed E-state index contributed by atoms with van der Waals surface area (Å²) in [5, 5.41) is 3.44. The van der Waals surface area contributed by atoms with Crippen molar-refractivity contribution in [2.45, 2.75) is 18.9 Å². The highest BCUT2D eigenvalue weighted by molar-refractivity contribution is 5.82. The molecule has 2 aliphatic heterocycles. The van der Waals surface area contributed by atoms with Gasteiger partial charge in [0.2, 0.25) is 0 Å². The largest absolute Gasteiger partial charge is 0.486 e. The van der Waals surface area contributed by atoms with Crippen molar-refractivity contribution >= 4 is 6.29 Å². The Bertz CT molecular complexity index is 439. The zero-order valence-corrected chi connectivity index (χ0v) is 9.57. The van der Waals surface area contributed by atoms with Gasteiger partial charge in [-0.1, -0.05) is 6.07 Å². The lowest BCUT2D eigenvalue weighted by atomic mass is 10.0. The van der Waals surface area contributed by atoms with E-state index >= 15 is 0 Å². The molecule has 0 bridgehead atoms. The summed E-state index contributed by atoms with van der Waals surface area (Å²) in [5.74, 6) is 1.36. The van der Waals surface area contributed by atoms with E-state index in [2.05, 4.69) is 5.32 Å². The molecule has 1 aromatic rings. The van der Waals surface area contributed by atoms with Crippen molar-refractivity contribution < 1.29 is 14.3 Å². The minimum atomic E-state index is 0.325. The Kier molecular flexibility index (Phi) is 2.73. The van der Waals surface area contributed by atoms with Crippen LogP contribution >= 0.6 is 0 Å². The second-order valence-corrected chi connectivity index (χ2v) is 4.37. The van der Waals surface area contributed by atoms with E-state index in [1.807, 2.05) is 12.1 Å². The molecule has 1 N–H and O–H groups in total. The van der Waals surface area contributed by atoms with Gasteiger partial charge in [0.05, 0.1) is 5.56 Å². The lowest BCUT2D eigenvalue weighted by molar-refractivity contribution is 0.111. The Morgan fingerprint density at radius 1 is 1.24 bits per heavy atom. The predicted octanol–water partition coefficient (Wildman–Crippen LogP) is 1.69. The number of carbonyl (C=O) groups excluding carboxylic acids is 1. The van der Waals surface area contributed by atoms with Crippen LogP contribution in [0.5, 0.6) is 11.5 Å². The first-order chi connectivity index (χ1) is 8.40. The van der Waals surface area contributed by atoms with Gasteiger partial charge in [-0.3, -0.25) is 4.79 Å². The maximum Gasteiger partial charge on any atom is 0.172 e. The van der Waals surface area contributed by atoms with Gasteiger partial charge in [0.25, 0.3) is 0 Å². The lowest BCUT2D eigenvalue weighted by Crippen LogP contribution is -2.21. The topological polar surface area (TPSA) is 47.6 Å². The number of nitrogens with one attached hydrogen (secondary N) is 1. The Labute approximate surface area is 99.9 Å². The predicted molar refractivity (Wildman–Crippen MR) is 62.8 cm³/mol. The molecule has 3 rings (SSSR count). The Hall–Kier alpha value is -1.55. The van der Waals surface area contributed by atoms with Crippen LogP contribution in [-0.4, -0.2) is 26.0 Å². The van der Waals surface area contributed by atoms with Crippen LogP contribution in [0.3, 0.4) is 0 Å². The lowest BCUT2D eigenvalue weighted by Gasteiger charge is -2.24. The summed E-state index contributed by atoms with van der Waals surface area (Å²) < 4.78 is 11.2. The van der Waals surface area contributed by atoms with E-state index in [9.17, 15) is 4.79 Å². The van der Waals surface area contributed by atoms with E-state index in [1.165, 1.54) is 6.42 Å².